The van der Waals surface area contributed by atoms with Gasteiger partial charge in [0.25, 0.3) is 0 Å². The Morgan fingerprint density at radius 3 is 2.13 bits per heavy atom. The molecule has 0 bridgehead atoms. The summed E-state index contributed by atoms with van der Waals surface area (Å²) in [7, 11) is 0. The van der Waals surface area contributed by atoms with E-state index in [9.17, 15) is 35.4 Å². The van der Waals surface area contributed by atoms with Crippen LogP contribution in [0.1, 0.15) is 0 Å². The van der Waals surface area contributed by atoms with E-state index in [1.54, 1.807) is 0 Å². The monoisotopic (exact) mass is 342 g/mol. The van der Waals surface area contributed by atoms with Crippen molar-refractivity contribution >= 4 is 6.29 Å². The van der Waals surface area contributed by atoms with Crippen molar-refractivity contribution in [1.82, 2.24) is 0 Å². The van der Waals surface area contributed by atoms with Crippen molar-refractivity contribution in [3.63, 3.8) is 0 Å². The fraction of sp³-hybridized carbons (Fsp3) is 0.917. The minimum atomic E-state index is -1.96. The van der Waals surface area contributed by atoms with Crippen LogP contribution in [0.2, 0.25) is 0 Å². The third kappa shape index (κ3) is 4.87. The maximum atomic E-state index is 10.3. The predicted octanol–water partition coefficient (Wildman–Crippen LogP) is -5.55. The third-order valence-electron chi connectivity index (χ3n) is 3.51. The highest BCUT2D eigenvalue weighted by Crippen LogP contribution is 2.22. The van der Waals surface area contributed by atoms with Crippen LogP contribution in [0.5, 0.6) is 0 Å². The van der Waals surface area contributed by atoms with E-state index < -0.39 is 68.3 Å². The smallest absolute Gasteiger partial charge is 0.186 e. The molecule has 0 aliphatic carbocycles. The maximum absolute atomic E-state index is 10.3. The molecular formula is C12H22O11. The zero-order valence-corrected chi connectivity index (χ0v) is 12.0. The number of aliphatic hydroxyl groups is 8. The Morgan fingerprint density at radius 1 is 1.00 bits per heavy atom. The average Bonchev–Trinajstić information content (AvgIpc) is 2.56. The van der Waals surface area contributed by atoms with E-state index in [1.807, 2.05) is 0 Å². The van der Waals surface area contributed by atoms with E-state index in [1.165, 1.54) is 0 Å². The Balaban J connectivity index is 2.57. The van der Waals surface area contributed by atoms with Gasteiger partial charge in [-0.05, 0) is 0 Å². The second kappa shape index (κ2) is 8.94. The van der Waals surface area contributed by atoms with Gasteiger partial charge in [-0.25, -0.2) is 0 Å². The fourth-order valence-electron chi connectivity index (χ4n) is 2.01. The largest absolute Gasteiger partial charge is 0.394 e. The lowest BCUT2D eigenvalue weighted by Gasteiger charge is -2.40. The molecular weight excluding hydrogens is 320 g/mol. The first-order valence-corrected chi connectivity index (χ1v) is 6.84. The number of rotatable bonds is 8. The van der Waals surface area contributed by atoms with Crippen LogP contribution in [-0.4, -0.2) is 115 Å². The van der Waals surface area contributed by atoms with Crippen LogP contribution in [0.4, 0.5) is 0 Å². The summed E-state index contributed by atoms with van der Waals surface area (Å²) in [4.78, 5) is 10.3. The summed E-state index contributed by atoms with van der Waals surface area (Å²) in [5, 5.41) is 75.4. The first kappa shape index (κ1) is 20.3. The molecule has 136 valence electrons. The van der Waals surface area contributed by atoms with E-state index in [0.717, 1.165) is 0 Å². The van der Waals surface area contributed by atoms with Crippen LogP contribution in [0.15, 0.2) is 0 Å². The SMILES string of the molecule is O=C[C@H](O)[C@@H](O)[C@@H](O)[C@H](O)CO[C@H]1O[C@H](CO)[C@H](O)[C@H](O)[C@H]1O. The normalized spacial score (nSPS) is 37.0. The van der Waals surface area contributed by atoms with E-state index in [4.69, 9.17) is 19.7 Å². The van der Waals surface area contributed by atoms with Gasteiger partial charge in [-0.3, -0.25) is 0 Å². The molecule has 23 heavy (non-hydrogen) atoms. The van der Waals surface area contributed by atoms with E-state index in [-0.39, 0.29) is 6.29 Å². The number of carbonyl (C=O) groups excluding carboxylic acids is 1. The number of hydrogen-bond acceptors (Lipinski definition) is 11. The molecule has 9 atom stereocenters. The van der Waals surface area contributed by atoms with Crippen LogP contribution >= 0.6 is 0 Å². The van der Waals surface area contributed by atoms with Crippen molar-refractivity contribution in [2.75, 3.05) is 13.2 Å². The van der Waals surface area contributed by atoms with Crippen LogP contribution in [0.25, 0.3) is 0 Å². The van der Waals surface area contributed by atoms with Gasteiger partial charge in [-0.1, -0.05) is 0 Å². The minimum Gasteiger partial charge on any atom is -0.394 e. The second-order valence-electron chi connectivity index (χ2n) is 5.21. The van der Waals surface area contributed by atoms with Crippen LogP contribution in [-0.2, 0) is 14.3 Å². The lowest BCUT2D eigenvalue weighted by Crippen LogP contribution is -2.59. The molecule has 1 rings (SSSR count). The van der Waals surface area contributed by atoms with Crippen LogP contribution < -0.4 is 0 Å². The molecule has 0 amide bonds. The first-order chi connectivity index (χ1) is 10.7. The number of ether oxygens (including phenoxy) is 2. The number of hydrogen-bond donors (Lipinski definition) is 8. The third-order valence-corrected chi connectivity index (χ3v) is 3.51. The molecule has 0 unspecified atom stereocenters. The van der Waals surface area contributed by atoms with Crippen LogP contribution in [0.3, 0.4) is 0 Å². The van der Waals surface area contributed by atoms with Crippen LogP contribution in [0, 0.1) is 0 Å². The van der Waals surface area contributed by atoms with Crippen molar-refractivity contribution in [2.24, 2.45) is 0 Å². The van der Waals surface area contributed by atoms with Crippen molar-refractivity contribution in [2.45, 2.75) is 55.1 Å². The number of aldehydes is 1. The molecule has 1 aliphatic rings. The van der Waals surface area contributed by atoms with Gasteiger partial charge in [-0.2, -0.15) is 0 Å². The molecule has 0 radical (unpaired) electrons. The average molecular weight is 342 g/mol. The van der Waals surface area contributed by atoms with Gasteiger partial charge in [0, 0.05) is 0 Å². The molecule has 11 nitrogen and oxygen atoms in total. The van der Waals surface area contributed by atoms with Crippen molar-refractivity contribution in [1.29, 1.82) is 0 Å². The summed E-state index contributed by atoms with van der Waals surface area (Å²) in [6, 6.07) is 0. The highest BCUT2D eigenvalue weighted by molar-refractivity contribution is 5.56. The lowest BCUT2D eigenvalue weighted by atomic mass is 9.99. The molecule has 0 aromatic carbocycles. The van der Waals surface area contributed by atoms with Crippen molar-refractivity contribution in [3.05, 3.63) is 0 Å². The fourth-order valence-corrected chi connectivity index (χ4v) is 2.01. The highest BCUT2D eigenvalue weighted by atomic mass is 16.7. The maximum Gasteiger partial charge on any atom is 0.186 e. The molecule has 11 heteroatoms. The quantitative estimate of drug-likeness (QED) is 0.196. The second-order valence-corrected chi connectivity index (χ2v) is 5.21. The Morgan fingerprint density at radius 2 is 1.61 bits per heavy atom. The number of aliphatic hydroxyl groups excluding tert-OH is 8. The molecule has 8 N–H and O–H groups in total. The highest BCUT2D eigenvalue weighted by Gasteiger charge is 2.44. The van der Waals surface area contributed by atoms with Gasteiger partial charge in [0.05, 0.1) is 13.2 Å². The standard InChI is InChI=1S/C12H22O11/c13-1-4(15)7(17)8(18)5(16)3-22-12-11(21)10(20)9(19)6(2-14)23-12/h1,4-12,14-21H,2-3H2/t4-,5+,6+,7+,8-,9-,10-,11+,12-/m0/s1. The molecule has 1 fully saturated rings. The Kier molecular flexibility index (Phi) is 7.89. The van der Waals surface area contributed by atoms with Gasteiger partial charge in [0.2, 0.25) is 0 Å². The van der Waals surface area contributed by atoms with E-state index in [2.05, 4.69) is 0 Å². The zero-order valence-electron chi connectivity index (χ0n) is 12.0. The summed E-state index contributed by atoms with van der Waals surface area (Å²) in [6.07, 6.45) is -15.3. The summed E-state index contributed by atoms with van der Waals surface area (Å²) in [5.41, 5.74) is 0. The zero-order chi connectivity index (χ0) is 17.7. The Hall–Kier alpha value is -0.730. The van der Waals surface area contributed by atoms with E-state index >= 15 is 0 Å². The Bertz CT molecular complexity index is 365. The lowest BCUT2D eigenvalue weighted by molar-refractivity contribution is -0.306. The predicted molar refractivity (Wildman–Crippen MR) is 69.8 cm³/mol. The molecule has 0 spiro atoms. The molecule has 1 saturated heterocycles. The van der Waals surface area contributed by atoms with Crippen molar-refractivity contribution in [3.8, 4) is 0 Å². The molecule has 0 aromatic rings. The molecule has 0 aromatic heterocycles. The summed E-state index contributed by atoms with van der Waals surface area (Å²) < 4.78 is 9.94. The Labute approximate surface area is 130 Å². The van der Waals surface area contributed by atoms with Gasteiger partial charge in [0.15, 0.2) is 12.6 Å². The molecule has 1 heterocycles. The van der Waals surface area contributed by atoms with Crippen molar-refractivity contribution < 1.29 is 55.1 Å². The summed E-state index contributed by atoms with van der Waals surface area (Å²) >= 11 is 0. The van der Waals surface area contributed by atoms with E-state index in [0.29, 0.717) is 0 Å². The summed E-state index contributed by atoms with van der Waals surface area (Å²) in [5.74, 6) is 0. The minimum absolute atomic E-state index is 0.0287. The van der Waals surface area contributed by atoms with Gasteiger partial charge < -0.3 is 55.1 Å². The van der Waals surface area contributed by atoms with Gasteiger partial charge in [-0.15, -0.1) is 0 Å². The number of carbonyl (C=O) groups is 1. The first-order valence-electron chi connectivity index (χ1n) is 6.84. The molecule has 0 saturated carbocycles. The topological polar surface area (TPSA) is 197 Å². The van der Waals surface area contributed by atoms with Gasteiger partial charge in [0.1, 0.15) is 48.8 Å². The summed E-state index contributed by atoms with van der Waals surface area (Å²) in [6.45, 7) is -1.37. The molecule has 1 aliphatic heterocycles. The van der Waals surface area contributed by atoms with Gasteiger partial charge >= 0.3 is 0 Å².